The Hall–Kier alpha value is -1.95. The van der Waals surface area contributed by atoms with Gasteiger partial charge in [-0.2, -0.15) is 0 Å². The van der Waals surface area contributed by atoms with Gasteiger partial charge in [0.25, 0.3) is 0 Å². The third kappa shape index (κ3) is 2.26. The van der Waals surface area contributed by atoms with Crippen molar-refractivity contribution in [2.75, 3.05) is 0 Å². The van der Waals surface area contributed by atoms with Gasteiger partial charge in [-0.3, -0.25) is 9.59 Å². The standard InChI is InChI=1S/C11H11N3O2S/c12-9(15)7-8(6-4-2-1-3-5-6)13-11(17)14-10(7)16/h1-5,7-8H,(H2,12,15)(H2,13,14,16,17). The molecule has 4 N–H and O–H groups in total. The molecule has 1 aromatic carbocycles. The number of thiocarbonyl (C=S) groups is 1. The molecule has 0 bridgehead atoms. The van der Waals surface area contributed by atoms with Gasteiger partial charge in [-0.15, -0.1) is 0 Å². The van der Waals surface area contributed by atoms with E-state index in [2.05, 4.69) is 10.6 Å². The number of hydrogen-bond acceptors (Lipinski definition) is 3. The summed E-state index contributed by atoms with van der Waals surface area (Å²) in [5.41, 5.74) is 6.05. The molecule has 2 unspecified atom stereocenters. The number of rotatable bonds is 2. The van der Waals surface area contributed by atoms with Crippen LogP contribution < -0.4 is 16.4 Å². The molecule has 1 aromatic rings. The van der Waals surface area contributed by atoms with Crippen LogP contribution in [0.15, 0.2) is 30.3 Å². The molecule has 1 heterocycles. The third-order valence-corrected chi connectivity index (χ3v) is 2.82. The lowest BCUT2D eigenvalue weighted by Crippen LogP contribution is -2.57. The molecule has 2 amide bonds. The average Bonchev–Trinajstić information content (AvgIpc) is 2.28. The van der Waals surface area contributed by atoms with Crippen molar-refractivity contribution in [2.24, 2.45) is 11.7 Å². The molecule has 6 heteroatoms. The topological polar surface area (TPSA) is 84.2 Å². The van der Waals surface area contributed by atoms with Crippen LogP contribution in [-0.4, -0.2) is 16.9 Å². The number of benzene rings is 1. The molecule has 0 radical (unpaired) electrons. The summed E-state index contributed by atoms with van der Waals surface area (Å²) in [5, 5.41) is 5.49. The average molecular weight is 249 g/mol. The SMILES string of the molecule is NC(=O)C1C(=O)NC(=S)NC1c1ccccc1. The maximum absolute atomic E-state index is 11.7. The zero-order valence-electron chi connectivity index (χ0n) is 8.84. The summed E-state index contributed by atoms with van der Waals surface area (Å²) in [5.74, 6) is -2.09. The Bertz CT molecular complexity index is 475. The zero-order valence-corrected chi connectivity index (χ0v) is 9.66. The van der Waals surface area contributed by atoms with E-state index < -0.39 is 23.8 Å². The number of nitrogens with two attached hydrogens (primary N) is 1. The highest BCUT2D eigenvalue weighted by Gasteiger charge is 2.38. The summed E-state index contributed by atoms with van der Waals surface area (Å²) in [4.78, 5) is 23.0. The molecule has 0 saturated carbocycles. The number of hydrogen-bond donors (Lipinski definition) is 3. The summed E-state index contributed by atoms with van der Waals surface area (Å²) in [6.45, 7) is 0. The predicted octanol–water partition coefficient (Wildman–Crippen LogP) is -0.166. The summed E-state index contributed by atoms with van der Waals surface area (Å²) in [6, 6.07) is 8.62. The van der Waals surface area contributed by atoms with Crippen LogP contribution in [0, 0.1) is 5.92 Å². The van der Waals surface area contributed by atoms with Crippen LogP contribution in [0.5, 0.6) is 0 Å². The van der Waals surface area contributed by atoms with E-state index in [-0.39, 0.29) is 5.11 Å². The van der Waals surface area contributed by atoms with Crippen molar-refractivity contribution < 1.29 is 9.59 Å². The Labute approximate surface area is 103 Å². The van der Waals surface area contributed by atoms with E-state index in [4.69, 9.17) is 18.0 Å². The van der Waals surface area contributed by atoms with E-state index in [1.807, 2.05) is 30.3 Å². The van der Waals surface area contributed by atoms with Crippen molar-refractivity contribution in [3.8, 4) is 0 Å². The first-order valence-electron chi connectivity index (χ1n) is 5.05. The number of carbonyl (C=O) groups is 2. The maximum Gasteiger partial charge on any atom is 0.241 e. The van der Waals surface area contributed by atoms with Gasteiger partial charge >= 0.3 is 0 Å². The fourth-order valence-electron chi connectivity index (χ4n) is 1.83. The van der Waals surface area contributed by atoms with Gasteiger partial charge < -0.3 is 16.4 Å². The minimum Gasteiger partial charge on any atom is -0.369 e. The second-order valence-electron chi connectivity index (χ2n) is 3.73. The second kappa shape index (κ2) is 4.50. The van der Waals surface area contributed by atoms with Crippen LogP contribution in [0.3, 0.4) is 0 Å². The summed E-state index contributed by atoms with van der Waals surface area (Å²) >= 11 is 4.90. The largest absolute Gasteiger partial charge is 0.369 e. The third-order valence-electron chi connectivity index (χ3n) is 2.60. The first kappa shape index (κ1) is 11.5. The van der Waals surface area contributed by atoms with Crippen molar-refractivity contribution in [3.63, 3.8) is 0 Å². The minimum atomic E-state index is -0.955. The Balaban J connectivity index is 2.37. The number of nitrogens with one attached hydrogen (secondary N) is 2. The molecular formula is C11H11N3O2S. The van der Waals surface area contributed by atoms with E-state index in [9.17, 15) is 9.59 Å². The van der Waals surface area contributed by atoms with Crippen LogP contribution in [0.4, 0.5) is 0 Å². The highest BCUT2D eigenvalue weighted by atomic mass is 32.1. The van der Waals surface area contributed by atoms with Crippen molar-refractivity contribution in [1.82, 2.24) is 10.6 Å². The second-order valence-corrected chi connectivity index (χ2v) is 4.14. The molecule has 17 heavy (non-hydrogen) atoms. The van der Waals surface area contributed by atoms with Gasteiger partial charge in [0.2, 0.25) is 11.8 Å². The lowest BCUT2D eigenvalue weighted by Gasteiger charge is -2.31. The van der Waals surface area contributed by atoms with Gasteiger partial charge in [-0.05, 0) is 17.8 Å². The number of carbonyl (C=O) groups excluding carboxylic acids is 2. The summed E-state index contributed by atoms with van der Waals surface area (Å²) in [7, 11) is 0. The van der Waals surface area contributed by atoms with Crippen LogP contribution >= 0.6 is 12.2 Å². The van der Waals surface area contributed by atoms with Crippen LogP contribution in [-0.2, 0) is 9.59 Å². The van der Waals surface area contributed by atoms with Crippen LogP contribution in [0.1, 0.15) is 11.6 Å². The lowest BCUT2D eigenvalue weighted by atomic mass is 9.90. The van der Waals surface area contributed by atoms with Crippen LogP contribution in [0.25, 0.3) is 0 Å². The molecule has 88 valence electrons. The molecule has 2 rings (SSSR count). The van der Waals surface area contributed by atoms with Gasteiger partial charge in [0.05, 0.1) is 6.04 Å². The Morgan fingerprint density at radius 2 is 1.94 bits per heavy atom. The first-order valence-corrected chi connectivity index (χ1v) is 5.46. The van der Waals surface area contributed by atoms with E-state index in [0.717, 1.165) is 5.56 Å². The predicted molar refractivity (Wildman–Crippen MR) is 65.7 cm³/mol. The van der Waals surface area contributed by atoms with E-state index in [1.165, 1.54) is 0 Å². The summed E-state index contributed by atoms with van der Waals surface area (Å²) < 4.78 is 0. The molecule has 0 aromatic heterocycles. The Kier molecular flexibility index (Phi) is 3.06. The monoisotopic (exact) mass is 249 g/mol. The van der Waals surface area contributed by atoms with Gasteiger partial charge in [0.1, 0.15) is 5.92 Å². The van der Waals surface area contributed by atoms with Gasteiger partial charge in [0.15, 0.2) is 5.11 Å². The molecule has 5 nitrogen and oxygen atoms in total. The maximum atomic E-state index is 11.7. The summed E-state index contributed by atoms with van der Waals surface area (Å²) in [6.07, 6.45) is 0. The van der Waals surface area contributed by atoms with E-state index in [1.54, 1.807) is 0 Å². The molecular weight excluding hydrogens is 238 g/mol. The molecule has 2 atom stereocenters. The molecule has 1 aliphatic rings. The highest BCUT2D eigenvalue weighted by molar-refractivity contribution is 7.80. The normalized spacial score (nSPS) is 23.8. The molecule has 0 spiro atoms. The van der Waals surface area contributed by atoms with Crippen molar-refractivity contribution in [3.05, 3.63) is 35.9 Å². The van der Waals surface area contributed by atoms with E-state index >= 15 is 0 Å². The Morgan fingerprint density at radius 1 is 1.29 bits per heavy atom. The van der Waals surface area contributed by atoms with Crippen molar-refractivity contribution >= 4 is 29.1 Å². The van der Waals surface area contributed by atoms with Crippen molar-refractivity contribution in [2.45, 2.75) is 6.04 Å². The number of primary amides is 1. The molecule has 1 fully saturated rings. The lowest BCUT2D eigenvalue weighted by molar-refractivity contribution is -0.134. The minimum absolute atomic E-state index is 0.210. The molecule has 1 saturated heterocycles. The fraction of sp³-hybridized carbons (Fsp3) is 0.182. The first-order chi connectivity index (χ1) is 8.09. The molecule has 1 aliphatic heterocycles. The number of amides is 2. The smallest absolute Gasteiger partial charge is 0.241 e. The van der Waals surface area contributed by atoms with Gasteiger partial charge in [-0.1, -0.05) is 30.3 Å². The van der Waals surface area contributed by atoms with E-state index in [0.29, 0.717) is 0 Å². The van der Waals surface area contributed by atoms with Crippen LogP contribution in [0.2, 0.25) is 0 Å². The van der Waals surface area contributed by atoms with Gasteiger partial charge in [-0.25, -0.2) is 0 Å². The Morgan fingerprint density at radius 3 is 2.53 bits per heavy atom. The molecule has 0 aliphatic carbocycles. The quantitative estimate of drug-likeness (QED) is 0.502. The fourth-order valence-corrected chi connectivity index (χ4v) is 2.06. The zero-order chi connectivity index (χ0) is 12.4. The highest BCUT2D eigenvalue weighted by Crippen LogP contribution is 2.24. The van der Waals surface area contributed by atoms with Crippen molar-refractivity contribution in [1.29, 1.82) is 0 Å². The van der Waals surface area contributed by atoms with Gasteiger partial charge in [0, 0.05) is 0 Å².